The molecule has 8 aromatic heterocycles. The van der Waals surface area contributed by atoms with Crippen molar-refractivity contribution < 1.29 is 23.5 Å². The summed E-state index contributed by atoms with van der Waals surface area (Å²) in [6, 6.07) is 42.8. The molecule has 1 aliphatic rings. The van der Waals surface area contributed by atoms with Gasteiger partial charge in [0.1, 0.15) is 48.6 Å². The van der Waals surface area contributed by atoms with E-state index in [9.17, 15) is 0 Å². The van der Waals surface area contributed by atoms with Gasteiger partial charge in [0.05, 0.1) is 34.9 Å². The normalized spacial score (nSPS) is 14.2. The average Bonchev–Trinajstić information content (AvgIpc) is 4.35. The van der Waals surface area contributed by atoms with Gasteiger partial charge in [-0.3, -0.25) is 9.97 Å². The van der Waals surface area contributed by atoms with E-state index in [4.69, 9.17) is 56.9 Å². The van der Waals surface area contributed by atoms with E-state index in [1.165, 1.54) is 11.5 Å². The quantitative estimate of drug-likeness (QED) is 0.0926. The van der Waals surface area contributed by atoms with Crippen LogP contribution in [0.2, 0.25) is 9.82 Å². The lowest BCUT2D eigenvalue weighted by molar-refractivity contribution is 0.145. The van der Waals surface area contributed by atoms with Crippen LogP contribution in [-0.2, 0) is 19.6 Å². The summed E-state index contributed by atoms with van der Waals surface area (Å²) >= 11 is 12.8. The van der Waals surface area contributed by atoms with Crippen LogP contribution in [0, 0.1) is 11.8 Å². The summed E-state index contributed by atoms with van der Waals surface area (Å²) in [5.41, 5.74) is 6.55. The van der Waals surface area contributed by atoms with E-state index < -0.39 is 0 Å². The Hall–Kier alpha value is -9.16. The lowest BCUT2D eigenvalue weighted by Gasteiger charge is -2.27. The van der Waals surface area contributed by atoms with Crippen LogP contribution < -0.4 is 18.9 Å². The number of hydrogen-bond acceptors (Lipinski definition) is 18. The molecule has 386 valence electrons. The molecule has 0 amide bonds. The lowest BCUT2D eigenvalue weighted by atomic mass is 9.87. The fraction of sp³-hybridized carbons (Fsp3) is 0.179. The Morgan fingerprint density at radius 1 is 0.603 bits per heavy atom. The van der Waals surface area contributed by atoms with Crippen molar-refractivity contribution in [2.75, 3.05) is 6.61 Å². The molecule has 22 heteroatoms. The molecule has 0 radical (unpaired) electrons. The van der Waals surface area contributed by atoms with Gasteiger partial charge >= 0.3 is 5.35 Å². The van der Waals surface area contributed by atoms with Gasteiger partial charge in [0.15, 0.2) is 28.8 Å². The topological polar surface area (TPSA) is 214 Å². The van der Waals surface area contributed by atoms with Crippen molar-refractivity contribution in [3.63, 3.8) is 0 Å². The Morgan fingerprint density at radius 3 is 1.76 bits per heavy atom. The molecule has 0 saturated heterocycles. The molecule has 0 unspecified atom stereocenters. The maximum Gasteiger partial charge on any atom is 0.320 e. The van der Waals surface area contributed by atoms with Crippen LogP contribution >= 0.6 is 34.7 Å². The number of ether oxygens (including phenoxy) is 4. The van der Waals surface area contributed by atoms with Crippen LogP contribution in [0.5, 0.6) is 23.0 Å². The number of nitrogens with zero attached hydrogens (tertiary/aromatic N) is 14. The van der Waals surface area contributed by atoms with Crippen molar-refractivity contribution >= 4 is 67.8 Å². The molecule has 0 aliphatic heterocycles. The fourth-order valence-electron chi connectivity index (χ4n) is 8.90. The monoisotopic (exact) mass is 1090 g/mol. The number of halogens is 2. The van der Waals surface area contributed by atoms with Crippen LogP contribution in [0.1, 0.15) is 54.9 Å². The van der Waals surface area contributed by atoms with Gasteiger partial charge in [0.2, 0.25) is 4.47 Å². The number of pyridine rings is 2. The molecule has 78 heavy (non-hydrogen) atoms. The molecule has 0 bridgehead atoms. The predicted molar refractivity (Wildman–Crippen MR) is 291 cm³/mol. The largest absolute Gasteiger partial charge is 0.490 e. The van der Waals surface area contributed by atoms with E-state index >= 15 is 0 Å². The lowest BCUT2D eigenvalue weighted by Crippen LogP contribution is -2.23. The van der Waals surface area contributed by atoms with Gasteiger partial charge in [-0.1, -0.05) is 77.7 Å². The third-order valence-electron chi connectivity index (χ3n) is 12.7. The van der Waals surface area contributed by atoms with Crippen molar-refractivity contribution in [1.29, 1.82) is 0 Å². The maximum atomic E-state index is 6.33. The Kier molecular flexibility index (Phi) is 14.6. The second kappa shape index (κ2) is 23.0. The van der Waals surface area contributed by atoms with Gasteiger partial charge in [-0.05, 0) is 121 Å². The van der Waals surface area contributed by atoms with Crippen molar-refractivity contribution in [2.45, 2.75) is 57.3 Å². The average molecular weight is 1090 g/mol. The first-order valence-electron chi connectivity index (χ1n) is 24.7. The zero-order valence-corrected chi connectivity index (χ0v) is 43.5. The van der Waals surface area contributed by atoms with Crippen LogP contribution in [0.15, 0.2) is 150 Å². The predicted octanol–water partition coefficient (Wildman–Crippen LogP) is 11.1. The SMILES string of the molecule is Clc1nc(C2CCC(Oc3ccc4c(OCc5nnc6ccc(-c7ccccc7)nn56)ccnc4c3)CC2)ns1.Clc1nc(CC#CCOc2ccc3c(OCc4nnc5ccc(-c6ccccc6)nn45)ccnc3c2)no1. The zero-order chi connectivity index (χ0) is 52.6. The Labute approximate surface area is 458 Å². The second-order valence-corrected chi connectivity index (χ2v) is 19.4. The maximum absolute atomic E-state index is 6.33. The highest BCUT2D eigenvalue weighted by atomic mass is 35.5. The Morgan fingerprint density at radius 2 is 1.19 bits per heavy atom. The number of fused-ring (bicyclic) bond motifs is 4. The first kappa shape index (κ1) is 49.7. The van der Waals surface area contributed by atoms with E-state index in [0.29, 0.717) is 62.8 Å². The smallest absolute Gasteiger partial charge is 0.320 e. The minimum absolute atomic E-state index is 0.00581. The molecule has 13 rings (SSSR count). The van der Waals surface area contributed by atoms with E-state index in [0.717, 1.165) is 81.6 Å². The summed E-state index contributed by atoms with van der Waals surface area (Å²) in [4.78, 5) is 17.2. The highest BCUT2D eigenvalue weighted by molar-refractivity contribution is 7.10. The molecule has 4 aromatic carbocycles. The number of rotatable bonds is 14. The summed E-state index contributed by atoms with van der Waals surface area (Å²) in [5.74, 6) is 11.5. The van der Waals surface area contributed by atoms with Crippen LogP contribution in [0.3, 0.4) is 0 Å². The number of hydrogen-bond donors (Lipinski definition) is 0. The van der Waals surface area contributed by atoms with E-state index in [1.807, 2.05) is 133 Å². The highest BCUT2D eigenvalue weighted by Crippen LogP contribution is 2.36. The molecule has 8 heterocycles. The highest BCUT2D eigenvalue weighted by Gasteiger charge is 2.26. The van der Waals surface area contributed by atoms with Crippen LogP contribution in [0.4, 0.5) is 0 Å². The van der Waals surface area contributed by atoms with Crippen molar-refractivity contribution in [2.24, 2.45) is 0 Å². The van der Waals surface area contributed by atoms with E-state index in [1.54, 1.807) is 21.4 Å². The van der Waals surface area contributed by atoms with Crippen molar-refractivity contribution in [3.8, 4) is 57.4 Å². The summed E-state index contributed by atoms with van der Waals surface area (Å²) in [7, 11) is 0. The molecule has 1 fully saturated rings. The van der Waals surface area contributed by atoms with Crippen molar-refractivity contribution in [3.05, 3.63) is 179 Å². The van der Waals surface area contributed by atoms with Crippen molar-refractivity contribution in [1.82, 2.24) is 69.1 Å². The van der Waals surface area contributed by atoms with Gasteiger partial charge in [-0.2, -0.15) is 28.6 Å². The van der Waals surface area contributed by atoms with Gasteiger partial charge in [-0.25, -0.2) is 4.98 Å². The fourth-order valence-corrected chi connectivity index (χ4v) is 9.72. The molecule has 0 spiro atoms. The summed E-state index contributed by atoms with van der Waals surface area (Å²) in [6.45, 7) is 0.599. The third-order valence-corrected chi connectivity index (χ3v) is 13.7. The van der Waals surface area contributed by atoms with Gasteiger partial charge in [0.25, 0.3) is 0 Å². The van der Waals surface area contributed by atoms with E-state index in [2.05, 4.69) is 61.7 Å². The summed E-state index contributed by atoms with van der Waals surface area (Å²) < 4.78 is 37.4. The first-order chi connectivity index (χ1) is 38.4. The van der Waals surface area contributed by atoms with E-state index in [-0.39, 0.29) is 31.3 Å². The van der Waals surface area contributed by atoms with Gasteiger partial charge < -0.3 is 23.5 Å². The summed E-state index contributed by atoms with van der Waals surface area (Å²) in [5, 5.41) is 31.9. The molecule has 1 aliphatic carbocycles. The Balaban J connectivity index is 0.000000156. The summed E-state index contributed by atoms with van der Waals surface area (Å²) in [6.07, 6.45) is 7.77. The minimum atomic E-state index is -0.00581. The van der Waals surface area contributed by atoms with Crippen LogP contribution in [0.25, 0.3) is 55.6 Å². The van der Waals surface area contributed by atoms with Gasteiger partial charge in [0, 0.05) is 52.3 Å². The number of benzene rings is 4. The molecule has 19 nitrogen and oxygen atoms in total. The van der Waals surface area contributed by atoms with Gasteiger partial charge in [-0.15, -0.1) is 20.4 Å². The molecule has 1 saturated carbocycles. The minimum Gasteiger partial charge on any atom is -0.490 e. The molecule has 12 aromatic rings. The number of aromatic nitrogens is 14. The molecule has 0 N–H and O–H groups in total. The molecular formula is C56H42Cl2N14O5S. The first-order valence-corrected chi connectivity index (χ1v) is 26.2. The second-order valence-electron chi connectivity index (χ2n) is 17.8. The zero-order valence-electron chi connectivity index (χ0n) is 41.1. The Bertz CT molecular complexity index is 4100. The standard InChI is InChI=1S/C29H24ClN7O2S.C27H18ClN7O3/c30-29-32-28(36-40-29)19-6-8-20(9-7-19)39-21-10-11-22-24(16-21)31-15-14-25(22)38-17-27-34-33-26-13-12-23(35-37(26)27)18-4-2-1-3-5-18;28-27-30-24(34-38-27)8-4-5-15-36-19-9-10-20-22(16-19)29-14-13-23(20)37-17-26-32-31-25-12-11-21(33-35(25)26)18-6-2-1-3-7-18/h1-5,10-16,19-20H,6-9,17H2;1-3,6-7,9-14,16H,8,15,17H2. The molecule has 0 atom stereocenters. The molecular weight excluding hydrogens is 1050 g/mol. The third kappa shape index (κ3) is 11.5. The van der Waals surface area contributed by atoms with Crippen LogP contribution in [-0.4, -0.2) is 81.8 Å².